The monoisotopic (exact) mass is 187 g/mol. The Morgan fingerprint density at radius 3 is 2.89 bits per heavy atom. The summed E-state index contributed by atoms with van der Waals surface area (Å²) in [4.78, 5) is 7.84. The van der Waals surface area contributed by atoms with Gasteiger partial charge in [0.25, 0.3) is 0 Å². The van der Waals surface area contributed by atoms with Crippen LogP contribution in [0.25, 0.3) is 0 Å². The molecule has 0 aliphatic carbocycles. The molecule has 0 bridgehead atoms. The summed E-state index contributed by atoms with van der Waals surface area (Å²) >= 11 is 3.14. The van der Waals surface area contributed by atoms with Crippen LogP contribution in [0.3, 0.4) is 0 Å². The van der Waals surface area contributed by atoms with Crippen molar-refractivity contribution < 1.29 is 0 Å². The minimum Gasteiger partial charge on any atom is -0.373 e. The number of aromatic nitrogens is 2. The molecule has 4 heteroatoms. The molecule has 0 fully saturated rings. The number of nitrogens with zero attached hydrogens (tertiary/aromatic N) is 2. The summed E-state index contributed by atoms with van der Waals surface area (Å²) in [6.45, 7) is 0. The van der Waals surface area contributed by atoms with Crippen LogP contribution in [0.1, 0.15) is 0 Å². The van der Waals surface area contributed by atoms with Gasteiger partial charge in [-0.05, 0) is 22.0 Å². The van der Waals surface area contributed by atoms with E-state index in [-0.39, 0.29) is 0 Å². The van der Waals surface area contributed by atoms with Crippen molar-refractivity contribution in [1.82, 2.24) is 9.97 Å². The molecular weight excluding hydrogens is 182 g/mol. The standard InChI is InChI=1S/C5H6BrN3/c1-7-4-2-3-8-5(6)9-4/h2-3H,1H3,(H,7,8,9). The van der Waals surface area contributed by atoms with Gasteiger partial charge in [-0.25, -0.2) is 9.97 Å². The summed E-state index contributed by atoms with van der Waals surface area (Å²) in [5, 5.41) is 2.89. The van der Waals surface area contributed by atoms with Gasteiger partial charge in [0.15, 0.2) is 4.73 Å². The summed E-state index contributed by atoms with van der Waals surface area (Å²) in [5.41, 5.74) is 0. The zero-order chi connectivity index (χ0) is 6.69. The summed E-state index contributed by atoms with van der Waals surface area (Å²) in [6.07, 6.45) is 1.68. The highest BCUT2D eigenvalue weighted by Crippen LogP contribution is 2.04. The van der Waals surface area contributed by atoms with Gasteiger partial charge in [-0.1, -0.05) is 0 Å². The summed E-state index contributed by atoms with van der Waals surface area (Å²) < 4.78 is 0.606. The largest absolute Gasteiger partial charge is 0.373 e. The van der Waals surface area contributed by atoms with Gasteiger partial charge in [-0.3, -0.25) is 0 Å². The molecule has 0 atom stereocenters. The van der Waals surface area contributed by atoms with Gasteiger partial charge in [0.1, 0.15) is 5.82 Å². The highest BCUT2D eigenvalue weighted by Gasteiger charge is 1.89. The fourth-order valence-corrected chi connectivity index (χ4v) is 0.783. The highest BCUT2D eigenvalue weighted by molar-refractivity contribution is 9.10. The van der Waals surface area contributed by atoms with Crippen LogP contribution < -0.4 is 5.32 Å². The van der Waals surface area contributed by atoms with Gasteiger partial charge in [0.05, 0.1) is 0 Å². The zero-order valence-electron chi connectivity index (χ0n) is 4.93. The average molecular weight is 188 g/mol. The first-order chi connectivity index (χ1) is 4.33. The minimum atomic E-state index is 0.606. The van der Waals surface area contributed by atoms with E-state index in [0.717, 1.165) is 5.82 Å². The molecule has 0 aliphatic rings. The Kier molecular flexibility index (Phi) is 2.00. The highest BCUT2D eigenvalue weighted by atomic mass is 79.9. The van der Waals surface area contributed by atoms with Crippen molar-refractivity contribution in [3.63, 3.8) is 0 Å². The molecule has 3 nitrogen and oxygen atoms in total. The molecule has 0 aliphatic heterocycles. The van der Waals surface area contributed by atoms with Crippen LogP contribution in [0, 0.1) is 0 Å². The van der Waals surface area contributed by atoms with Gasteiger partial charge < -0.3 is 5.32 Å². The number of halogens is 1. The predicted octanol–water partition coefficient (Wildman–Crippen LogP) is 1.28. The van der Waals surface area contributed by atoms with Gasteiger partial charge in [-0.2, -0.15) is 0 Å². The second-order valence-corrected chi connectivity index (χ2v) is 2.17. The molecule has 1 heterocycles. The lowest BCUT2D eigenvalue weighted by atomic mass is 10.6. The Bertz CT molecular complexity index is 201. The quantitative estimate of drug-likeness (QED) is 0.674. The molecule has 0 aromatic carbocycles. The third-order valence-electron chi connectivity index (χ3n) is 0.882. The predicted molar refractivity (Wildman–Crippen MR) is 39.3 cm³/mol. The minimum absolute atomic E-state index is 0.606. The van der Waals surface area contributed by atoms with Gasteiger partial charge >= 0.3 is 0 Å². The maximum atomic E-state index is 3.99. The van der Waals surface area contributed by atoms with Gasteiger partial charge in [0, 0.05) is 13.2 Å². The fraction of sp³-hybridized carbons (Fsp3) is 0.200. The van der Waals surface area contributed by atoms with Crippen LogP contribution in [-0.4, -0.2) is 17.0 Å². The summed E-state index contributed by atoms with van der Waals surface area (Å²) in [6, 6.07) is 1.80. The zero-order valence-corrected chi connectivity index (χ0v) is 6.51. The van der Waals surface area contributed by atoms with Crippen molar-refractivity contribution >= 4 is 21.7 Å². The molecule has 0 spiro atoms. The second kappa shape index (κ2) is 2.77. The van der Waals surface area contributed by atoms with Crippen molar-refractivity contribution in [2.45, 2.75) is 0 Å². The Morgan fingerprint density at radius 2 is 2.44 bits per heavy atom. The molecule has 9 heavy (non-hydrogen) atoms. The van der Waals surface area contributed by atoms with Crippen molar-refractivity contribution in [3.05, 3.63) is 17.0 Å². The Morgan fingerprint density at radius 1 is 1.67 bits per heavy atom. The fourth-order valence-electron chi connectivity index (χ4n) is 0.474. The molecule has 48 valence electrons. The third kappa shape index (κ3) is 1.64. The topological polar surface area (TPSA) is 37.8 Å². The van der Waals surface area contributed by atoms with Crippen LogP contribution in [0.15, 0.2) is 17.0 Å². The summed E-state index contributed by atoms with van der Waals surface area (Å²) in [7, 11) is 1.81. The maximum absolute atomic E-state index is 3.99. The van der Waals surface area contributed by atoms with E-state index in [1.807, 2.05) is 7.05 Å². The normalized spacial score (nSPS) is 9.11. The molecule has 0 unspecified atom stereocenters. The number of rotatable bonds is 1. The van der Waals surface area contributed by atoms with Crippen molar-refractivity contribution in [3.8, 4) is 0 Å². The molecule has 1 aromatic rings. The summed E-state index contributed by atoms with van der Waals surface area (Å²) in [5.74, 6) is 0.817. The number of anilines is 1. The molecule has 1 aromatic heterocycles. The van der Waals surface area contributed by atoms with E-state index in [1.54, 1.807) is 12.3 Å². The molecular formula is C5H6BrN3. The first-order valence-electron chi connectivity index (χ1n) is 2.49. The Balaban J connectivity index is 2.94. The molecule has 0 saturated heterocycles. The van der Waals surface area contributed by atoms with Crippen molar-refractivity contribution in [1.29, 1.82) is 0 Å². The SMILES string of the molecule is CNc1ccnc(Br)n1. The lowest BCUT2D eigenvalue weighted by molar-refractivity contribution is 1.11. The maximum Gasteiger partial charge on any atom is 0.198 e. The van der Waals surface area contributed by atoms with E-state index in [0.29, 0.717) is 4.73 Å². The van der Waals surface area contributed by atoms with Crippen molar-refractivity contribution in [2.75, 3.05) is 12.4 Å². The molecule has 0 radical (unpaired) electrons. The van der Waals surface area contributed by atoms with Crippen LogP contribution in [0.4, 0.5) is 5.82 Å². The van der Waals surface area contributed by atoms with Crippen LogP contribution >= 0.6 is 15.9 Å². The number of hydrogen-bond donors (Lipinski definition) is 1. The van der Waals surface area contributed by atoms with E-state index in [2.05, 4.69) is 31.2 Å². The third-order valence-corrected chi connectivity index (χ3v) is 1.26. The number of hydrogen-bond acceptors (Lipinski definition) is 3. The van der Waals surface area contributed by atoms with Gasteiger partial charge in [0.2, 0.25) is 0 Å². The van der Waals surface area contributed by atoms with Crippen LogP contribution in [-0.2, 0) is 0 Å². The molecule has 1 rings (SSSR count). The van der Waals surface area contributed by atoms with Crippen LogP contribution in [0.2, 0.25) is 0 Å². The first-order valence-corrected chi connectivity index (χ1v) is 3.28. The van der Waals surface area contributed by atoms with Crippen molar-refractivity contribution in [2.24, 2.45) is 0 Å². The lowest BCUT2D eigenvalue weighted by Gasteiger charge is -1.95. The number of nitrogens with one attached hydrogen (secondary N) is 1. The molecule has 0 amide bonds. The van der Waals surface area contributed by atoms with E-state index < -0.39 is 0 Å². The second-order valence-electron chi connectivity index (χ2n) is 1.46. The Hall–Kier alpha value is -0.640. The van der Waals surface area contributed by atoms with E-state index >= 15 is 0 Å². The first kappa shape index (κ1) is 6.48. The van der Waals surface area contributed by atoms with E-state index in [1.165, 1.54) is 0 Å². The van der Waals surface area contributed by atoms with E-state index in [9.17, 15) is 0 Å². The lowest BCUT2D eigenvalue weighted by Crippen LogP contribution is -1.92. The van der Waals surface area contributed by atoms with Gasteiger partial charge in [-0.15, -0.1) is 0 Å². The smallest absolute Gasteiger partial charge is 0.198 e. The molecule has 0 saturated carbocycles. The average Bonchev–Trinajstić information content (AvgIpc) is 1.88. The van der Waals surface area contributed by atoms with Crippen LogP contribution in [0.5, 0.6) is 0 Å². The Labute approximate surface area is 61.7 Å². The molecule has 1 N–H and O–H groups in total. The van der Waals surface area contributed by atoms with E-state index in [4.69, 9.17) is 0 Å².